The number of halogens is 2. The highest BCUT2D eigenvalue weighted by molar-refractivity contribution is 6.01. The van der Waals surface area contributed by atoms with Gasteiger partial charge in [-0.15, -0.1) is 0 Å². The zero-order valence-corrected chi connectivity index (χ0v) is 16.1. The molecule has 8 heteroatoms. The molecule has 154 valence electrons. The first kappa shape index (κ1) is 21.9. The van der Waals surface area contributed by atoms with Crippen molar-refractivity contribution < 1.29 is 37.3 Å². The van der Waals surface area contributed by atoms with Crippen LogP contribution >= 0.6 is 0 Å². The summed E-state index contributed by atoms with van der Waals surface area (Å²) in [5.74, 6) is -0.193. The normalized spacial score (nSPS) is 11.9. The van der Waals surface area contributed by atoms with Gasteiger partial charge in [0.2, 0.25) is 5.78 Å². The average molecular weight is 406 g/mol. The molecule has 29 heavy (non-hydrogen) atoms. The summed E-state index contributed by atoms with van der Waals surface area (Å²) in [5.41, 5.74) is 0.879. The van der Waals surface area contributed by atoms with Gasteiger partial charge in [-0.3, -0.25) is 4.79 Å². The second kappa shape index (κ2) is 10.2. The summed E-state index contributed by atoms with van der Waals surface area (Å²) < 4.78 is 44.0. The summed E-state index contributed by atoms with van der Waals surface area (Å²) in [5, 5.41) is 0. The summed E-state index contributed by atoms with van der Waals surface area (Å²) >= 11 is 0. The van der Waals surface area contributed by atoms with Crippen LogP contribution in [0.3, 0.4) is 0 Å². The topological polar surface area (TPSA) is 71.1 Å². The van der Waals surface area contributed by atoms with Crippen molar-refractivity contribution in [2.45, 2.75) is 19.6 Å². The first-order chi connectivity index (χ1) is 13.8. The number of benzene rings is 2. The number of carbonyl (C=O) groups is 2. The van der Waals surface area contributed by atoms with Crippen LogP contribution in [0.4, 0.5) is 8.78 Å². The van der Waals surface area contributed by atoms with Crippen LogP contribution in [0.25, 0.3) is 6.08 Å². The molecule has 0 heterocycles. The molecule has 0 radical (unpaired) electrons. The Balaban J connectivity index is 1.97. The second-order valence-corrected chi connectivity index (χ2v) is 5.79. The lowest BCUT2D eigenvalue weighted by molar-refractivity contribution is -0.140. The molecular formula is C21H20F2O6. The number of methoxy groups -OCH3 is 2. The monoisotopic (exact) mass is 406 g/mol. The second-order valence-electron chi connectivity index (χ2n) is 5.79. The molecule has 0 saturated heterocycles. The van der Waals surface area contributed by atoms with Crippen LogP contribution in [0, 0.1) is 0 Å². The zero-order chi connectivity index (χ0) is 21.4. The fraction of sp³-hybridized carbons (Fsp3) is 0.238. The van der Waals surface area contributed by atoms with E-state index in [9.17, 15) is 18.4 Å². The van der Waals surface area contributed by atoms with E-state index in [4.69, 9.17) is 14.2 Å². The number of esters is 1. The molecule has 1 atom stereocenters. The molecule has 2 aromatic carbocycles. The van der Waals surface area contributed by atoms with Crippen LogP contribution in [0.5, 0.6) is 17.2 Å². The molecule has 0 unspecified atom stereocenters. The van der Waals surface area contributed by atoms with Crippen molar-refractivity contribution in [2.24, 2.45) is 0 Å². The van der Waals surface area contributed by atoms with Gasteiger partial charge in [-0.05, 0) is 55.0 Å². The first-order valence-corrected chi connectivity index (χ1v) is 8.54. The highest BCUT2D eigenvalue weighted by Crippen LogP contribution is 2.28. The van der Waals surface area contributed by atoms with Gasteiger partial charge in [0.25, 0.3) is 0 Å². The van der Waals surface area contributed by atoms with Crippen molar-refractivity contribution >= 4 is 17.8 Å². The summed E-state index contributed by atoms with van der Waals surface area (Å²) in [4.78, 5) is 24.3. The van der Waals surface area contributed by atoms with Crippen molar-refractivity contribution in [1.82, 2.24) is 0 Å². The van der Waals surface area contributed by atoms with E-state index in [1.807, 2.05) is 0 Å². The lowest BCUT2D eigenvalue weighted by Gasteiger charge is -2.11. The van der Waals surface area contributed by atoms with E-state index in [1.165, 1.54) is 57.6 Å². The number of rotatable bonds is 9. The van der Waals surface area contributed by atoms with Gasteiger partial charge in [-0.2, -0.15) is 8.78 Å². The minimum Gasteiger partial charge on any atom is -0.493 e. The highest BCUT2D eigenvalue weighted by Gasteiger charge is 2.19. The maximum absolute atomic E-state index is 12.3. The summed E-state index contributed by atoms with van der Waals surface area (Å²) in [7, 11) is 3.02. The number of ether oxygens (including phenoxy) is 4. The maximum Gasteiger partial charge on any atom is 0.387 e. The molecule has 0 bridgehead atoms. The number of carbonyl (C=O) groups excluding carboxylic acids is 2. The Morgan fingerprint density at radius 2 is 1.62 bits per heavy atom. The molecule has 0 aliphatic carbocycles. The molecular weight excluding hydrogens is 386 g/mol. The van der Waals surface area contributed by atoms with Crippen molar-refractivity contribution in [2.75, 3.05) is 14.2 Å². The average Bonchev–Trinajstić information content (AvgIpc) is 2.71. The number of hydrogen-bond donors (Lipinski definition) is 0. The molecule has 6 nitrogen and oxygen atoms in total. The largest absolute Gasteiger partial charge is 0.493 e. The highest BCUT2D eigenvalue weighted by atomic mass is 19.3. The Morgan fingerprint density at radius 3 is 2.21 bits per heavy atom. The molecule has 2 rings (SSSR count). The predicted molar refractivity (Wildman–Crippen MR) is 102 cm³/mol. The first-order valence-electron chi connectivity index (χ1n) is 8.54. The molecule has 2 aromatic rings. The minimum absolute atomic E-state index is 0.0703. The summed E-state index contributed by atoms with van der Waals surface area (Å²) in [6, 6.07) is 10.2. The lowest BCUT2D eigenvalue weighted by Crippen LogP contribution is -2.23. The van der Waals surface area contributed by atoms with E-state index >= 15 is 0 Å². The predicted octanol–water partition coefficient (Wildman–Crippen LogP) is 4.13. The third kappa shape index (κ3) is 6.31. The van der Waals surface area contributed by atoms with Crippen molar-refractivity contribution in [1.29, 1.82) is 0 Å². The van der Waals surface area contributed by atoms with Gasteiger partial charge in [0.05, 0.1) is 14.2 Å². The summed E-state index contributed by atoms with van der Waals surface area (Å²) in [6.07, 6.45) is 1.64. The van der Waals surface area contributed by atoms with Crippen molar-refractivity contribution in [3.8, 4) is 17.2 Å². The quantitative estimate of drug-likeness (QED) is 0.354. The van der Waals surface area contributed by atoms with Gasteiger partial charge < -0.3 is 18.9 Å². The van der Waals surface area contributed by atoms with Crippen LogP contribution in [0.15, 0.2) is 48.5 Å². The van der Waals surface area contributed by atoms with Crippen LogP contribution in [-0.4, -0.2) is 38.7 Å². The van der Waals surface area contributed by atoms with Crippen LogP contribution in [0.2, 0.25) is 0 Å². The number of Topliss-reactive ketones (excluding diaryl/α,β-unsaturated/α-hetero) is 1. The van der Waals surface area contributed by atoms with Crippen molar-refractivity contribution in [3.63, 3.8) is 0 Å². The molecule has 0 fully saturated rings. The van der Waals surface area contributed by atoms with E-state index in [0.29, 0.717) is 17.1 Å². The Labute approximate surface area is 166 Å². The Morgan fingerprint density at radius 1 is 0.966 bits per heavy atom. The van der Waals surface area contributed by atoms with Crippen LogP contribution in [-0.2, 0) is 9.53 Å². The molecule has 0 saturated carbocycles. The van der Waals surface area contributed by atoms with Gasteiger partial charge in [-0.1, -0.05) is 6.07 Å². The Bertz CT molecular complexity index is 877. The third-order valence-corrected chi connectivity index (χ3v) is 3.85. The van der Waals surface area contributed by atoms with Gasteiger partial charge in [-0.25, -0.2) is 4.79 Å². The maximum atomic E-state index is 12.3. The van der Waals surface area contributed by atoms with Gasteiger partial charge >= 0.3 is 12.6 Å². The molecule has 0 aliphatic rings. The fourth-order valence-electron chi connectivity index (χ4n) is 2.42. The summed E-state index contributed by atoms with van der Waals surface area (Å²) in [6.45, 7) is -1.53. The molecule has 0 N–H and O–H groups in total. The standard InChI is InChI=1S/C21H20F2O6/c1-13(20(25)15-6-8-16(9-7-15)29-21(22)23)28-19(24)11-5-14-4-10-17(26-2)18(12-14)27-3/h4-13,21H,1-3H3/b11-5+/t13-/m1/s1. The Hall–Kier alpha value is -3.42. The van der Waals surface area contributed by atoms with Crippen molar-refractivity contribution in [3.05, 3.63) is 59.7 Å². The third-order valence-electron chi connectivity index (χ3n) is 3.85. The smallest absolute Gasteiger partial charge is 0.387 e. The number of hydrogen-bond acceptors (Lipinski definition) is 6. The van der Waals surface area contributed by atoms with E-state index in [0.717, 1.165) is 0 Å². The van der Waals surface area contributed by atoms with Gasteiger partial charge in [0.15, 0.2) is 17.6 Å². The SMILES string of the molecule is COc1ccc(/C=C/C(=O)O[C@H](C)C(=O)c2ccc(OC(F)F)cc2)cc1OC. The van der Waals surface area contributed by atoms with Gasteiger partial charge in [0, 0.05) is 11.6 Å². The fourth-order valence-corrected chi connectivity index (χ4v) is 2.42. The van der Waals surface area contributed by atoms with E-state index in [-0.39, 0.29) is 11.3 Å². The number of alkyl halides is 2. The minimum atomic E-state index is -2.95. The van der Waals surface area contributed by atoms with Crippen LogP contribution in [0.1, 0.15) is 22.8 Å². The zero-order valence-electron chi connectivity index (χ0n) is 16.1. The van der Waals surface area contributed by atoms with Gasteiger partial charge in [0.1, 0.15) is 5.75 Å². The molecule has 0 spiro atoms. The van der Waals surface area contributed by atoms with E-state index < -0.39 is 24.5 Å². The molecule has 0 amide bonds. The Kier molecular flexibility index (Phi) is 7.70. The van der Waals surface area contributed by atoms with E-state index in [2.05, 4.69) is 4.74 Å². The van der Waals surface area contributed by atoms with Crippen LogP contribution < -0.4 is 14.2 Å². The molecule has 0 aromatic heterocycles. The lowest BCUT2D eigenvalue weighted by atomic mass is 10.1. The van der Waals surface area contributed by atoms with E-state index in [1.54, 1.807) is 18.2 Å². The molecule has 0 aliphatic heterocycles. The number of ketones is 1.